The molecule has 7 heteroatoms. The van der Waals surface area contributed by atoms with Gasteiger partial charge in [0.2, 0.25) is 5.76 Å². The SMILES string of the molecule is COC(=O)c1ccc(COC(=O)c2cc(OC)cc(OC)c2)o1. The topological polar surface area (TPSA) is 84.2 Å². The van der Waals surface area contributed by atoms with Crippen molar-refractivity contribution in [1.29, 1.82) is 0 Å². The van der Waals surface area contributed by atoms with Gasteiger partial charge in [0, 0.05) is 6.07 Å². The lowest BCUT2D eigenvalue weighted by Crippen LogP contribution is -2.06. The standard InChI is InChI=1S/C16H16O7/c1-19-12-6-10(7-13(8-12)20-2)15(17)22-9-11-4-5-14(23-11)16(18)21-3/h4-8H,9H2,1-3H3. The Labute approximate surface area is 132 Å². The number of esters is 2. The van der Waals surface area contributed by atoms with Gasteiger partial charge < -0.3 is 23.4 Å². The third-order valence-electron chi connectivity index (χ3n) is 2.98. The molecule has 0 radical (unpaired) electrons. The van der Waals surface area contributed by atoms with E-state index in [4.69, 9.17) is 18.6 Å². The summed E-state index contributed by atoms with van der Waals surface area (Å²) in [5.74, 6) is 0.151. The third-order valence-corrected chi connectivity index (χ3v) is 2.98. The molecule has 0 bridgehead atoms. The van der Waals surface area contributed by atoms with Crippen molar-refractivity contribution in [3.63, 3.8) is 0 Å². The largest absolute Gasteiger partial charge is 0.497 e. The molecule has 23 heavy (non-hydrogen) atoms. The Morgan fingerprint density at radius 1 is 0.957 bits per heavy atom. The molecule has 0 fully saturated rings. The van der Waals surface area contributed by atoms with Gasteiger partial charge in [0.25, 0.3) is 0 Å². The summed E-state index contributed by atoms with van der Waals surface area (Å²) in [6, 6.07) is 7.70. The smallest absolute Gasteiger partial charge is 0.373 e. The highest BCUT2D eigenvalue weighted by Crippen LogP contribution is 2.23. The predicted octanol–water partition coefficient (Wildman–Crippen LogP) is 2.44. The zero-order valence-electron chi connectivity index (χ0n) is 13.0. The molecule has 0 aliphatic heterocycles. The minimum atomic E-state index is -0.597. The van der Waals surface area contributed by atoms with Crippen LogP contribution < -0.4 is 9.47 Å². The Kier molecular flexibility index (Phi) is 5.24. The summed E-state index contributed by atoms with van der Waals surface area (Å²) < 4.78 is 25.1. The van der Waals surface area contributed by atoms with Crippen LogP contribution in [0.5, 0.6) is 11.5 Å². The van der Waals surface area contributed by atoms with Crippen molar-refractivity contribution in [3.05, 3.63) is 47.4 Å². The van der Waals surface area contributed by atoms with Gasteiger partial charge in [-0.2, -0.15) is 0 Å². The molecule has 7 nitrogen and oxygen atoms in total. The highest BCUT2D eigenvalue weighted by atomic mass is 16.6. The molecule has 0 spiro atoms. The zero-order chi connectivity index (χ0) is 16.8. The van der Waals surface area contributed by atoms with Crippen molar-refractivity contribution in [2.24, 2.45) is 0 Å². The molecule has 2 rings (SSSR count). The average Bonchev–Trinajstić information content (AvgIpc) is 3.07. The van der Waals surface area contributed by atoms with Crippen molar-refractivity contribution in [3.8, 4) is 11.5 Å². The summed E-state index contributed by atoms with van der Waals surface area (Å²) in [7, 11) is 4.23. The van der Waals surface area contributed by atoms with Gasteiger partial charge in [-0.1, -0.05) is 0 Å². The van der Waals surface area contributed by atoms with Crippen molar-refractivity contribution in [2.75, 3.05) is 21.3 Å². The Hall–Kier alpha value is -2.96. The van der Waals surface area contributed by atoms with E-state index in [0.717, 1.165) is 0 Å². The number of methoxy groups -OCH3 is 3. The number of rotatable bonds is 6. The first kappa shape index (κ1) is 16.4. The second kappa shape index (κ2) is 7.35. The number of furan rings is 1. The summed E-state index contributed by atoms with van der Waals surface area (Å²) in [4.78, 5) is 23.4. The van der Waals surface area contributed by atoms with Crippen LogP contribution in [0.25, 0.3) is 0 Å². The molecule has 2 aromatic rings. The molecule has 0 amide bonds. The van der Waals surface area contributed by atoms with Gasteiger partial charge in [-0.25, -0.2) is 9.59 Å². The van der Waals surface area contributed by atoms with Gasteiger partial charge >= 0.3 is 11.9 Å². The van der Waals surface area contributed by atoms with Crippen molar-refractivity contribution < 1.29 is 33.0 Å². The van der Waals surface area contributed by atoms with Gasteiger partial charge in [-0.15, -0.1) is 0 Å². The lowest BCUT2D eigenvalue weighted by atomic mass is 10.2. The highest BCUT2D eigenvalue weighted by molar-refractivity contribution is 5.90. The first-order chi connectivity index (χ1) is 11.1. The van der Waals surface area contributed by atoms with E-state index in [9.17, 15) is 9.59 Å². The number of carbonyl (C=O) groups excluding carboxylic acids is 2. The van der Waals surface area contributed by atoms with Crippen LogP contribution in [0.3, 0.4) is 0 Å². The van der Waals surface area contributed by atoms with Crippen LogP contribution in [-0.4, -0.2) is 33.3 Å². The Morgan fingerprint density at radius 3 is 2.17 bits per heavy atom. The minimum absolute atomic E-state index is 0.0431. The maximum atomic E-state index is 12.1. The van der Waals surface area contributed by atoms with Crippen LogP contribution in [0.15, 0.2) is 34.7 Å². The Bertz CT molecular complexity index is 680. The highest BCUT2D eigenvalue weighted by Gasteiger charge is 2.14. The summed E-state index contributed by atoms with van der Waals surface area (Å²) in [5.41, 5.74) is 0.279. The van der Waals surface area contributed by atoms with E-state index in [1.807, 2.05) is 0 Å². The zero-order valence-corrected chi connectivity index (χ0v) is 13.0. The fourth-order valence-electron chi connectivity index (χ4n) is 1.81. The molecule has 0 N–H and O–H groups in total. The second-order valence-electron chi connectivity index (χ2n) is 4.44. The van der Waals surface area contributed by atoms with Crippen LogP contribution in [0.1, 0.15) is 26.7 Å². The third kappa shape index (κ3) is 4.03. The van der Waals surface area contributed by atoms with E-state index < -0.39 is 11.9 Å². The van der Waals surface area contributed by atoms with Gasteiger partial charge in [0.15, 0.2) is 0 Å². The van der Waals surface area contributed by atoms with Crippen molar-refractivity contribution in [2.45, 2.75) is 6.61 Å². The van der Waals surface area contributed by atoms with Crippen LogP contribution >= 0.6 is 0 Å². The fourth-order valence-corrected chi connectivity index (χ4v) is 1.81. The van der Waals surface area contributed by atoms with Gasteiger partial charge in [0.1, 0.15) is 23.9 Å². The van der Waals surface area contributed by atoms with E-state index in [1.165, 1.54) is 45.6 Å². The normalized spacial score (nSPS) is 10.0. The summed E-state index contributed by atoms with van der Waals surface area (Å²) in [6.45, 7) is -0.116. The van der Waals surface area contributed by atoms with Gasteiger partial charge in [0.05, 0.1) is 26.9 Å². The van der Waals surface area contributed by atoms with E-state index in [-0.39, 0.29) is 17.9 Å². The molecule has 0 saturated carbocycles. The number of benzene rings is 1. The molecule has 0 aliphatic rings. The predicted molar refractivity (Wildman–Crippen MR) is 78.7 cm³/mol. The number of hydrogen-bond donors (Lipinski definition) is 0. The average molecular weight is 320 g/mol. The van der Waals surface area contributed by atoms with Gasteiger partial charge in [-0.3, -0.25) is 0 Å². The van der Waals surface area contributed by atoms with Crippen molar-refractivity contribution in [1.82, 2.24) is 0 Å². The first-order valence-electron chi connectivity index (χ1n) is 6.64. The van der Waals surface area contributed by atoms with Crippen LogP contribution in [-0.2, 0) is 16.1 Å². The number of carbonyl (C=O) groups is 2. The molecule has 1 aromatic carbocycles. The number of hydrogen-bond acceptors (Lipinski definition) is 7. The van der Waals surface area contributed by atoms with Gasteiger partial charge in [-0.05, 0) is 24.3 Å². The van der Waals surface area contributed by atoms with Crippen LogP contribution in [0.2, 0.25) is 0 Å². The van der Waals surface area contributed by atoms with E-state index >= 15 is 0 Å². The second-order valence-corrected chi connectivity index (χ2v) is 4.44. The molecule has 0 aliphatic carbocycles. The molecule has 0 saturated heterocycles. The lowest BCUT2D eigenvalue weighted by Gasteiger charge is -2.08. The van der Waals surface area contributed by atoms with E-state index in [0.29, 0.717) is 17.3 Å². The van der Waals surface area contributed by atoms with E-state index in [2.05, 4.69) is 4.74 Å². The Morgan fingerprint density at radius 2 is 1.61 bits per heavy atom. The van der Waals surface area contributed by atoms with Crippen LogP contribution in [0, 0.1) is 0 Å². The summed E-state index contributed by atoms with van der Waals surface area (Å²) in [6.07, 6.45) is 0. The molecule has 122 valence electrons. The maximum absolute atomic E-state index is 12.1. The summed E-state index contributed by atoms with van der Waals surface area (Å²) >= 11 is 0. The monoisotopic (exact) mass is 320 g/mol. The molecule has 1 heterocycles. The van der Waals surface area contributed by atoms with Crippen molar-refractivity contribution >= 4 is 11.9 Å². The quantitative estimate of drug-likeness (QED) is 0.756. The number of ether oxygens (including phenoxy) is 4. The Balaban J connectivity index is 2.04. The molecular weight excluding hydrogens is 304 g/mol. The first-order valence-corrected chi connectivity index (χ1v) is 6.64. The molecular formula is C16H16O7. The fraction of sp³-hybridized carbons (Fsp3) is 0.250. The molecule has 0 atom stereocenters. The summed E-state index contributed by atoms with van der Waals surface area (Å²) in [5, 5.41) is 0. The molecule has 0 unspecified atom stereocenters. The molecule has 1 aromatic heterocycles. The van der Waals surface area contributed by atoms with E-state index in [1.54, 1.807) is 6.07 Å². The minimum Gasteiger partial charge on any atom is -0.497 e. The van der Waals surface area contributed by atoms with Crippen LogP contribution in [0.4, 0.5) is 0 Å². The maximum Gasteiger partial charge on any atom is 0.373 e. The lowest BCUT2D eigenvalue weighted by molar-refractivity contribution is 0.0437.